The van der Waals surface area contributed by atoms with Gasteiger partial charge in [-0.05, 0) is 24.6 Å². The molecule has 110 valence electrons. The molecule has 1 atom stereocenters. The number of halogens is 2. The van der Waals surface area contributed by atoms with Crippen LogP contribution >= 0.6 is 11.6 Å². The Hall–Kier alpha value is -1.66. The van der Waals surface area contributed by atoms with Crippen LogP contribution < -0.4 is 10.6 Å². The van der Waals surface area contributed by atoms with Crippen LogP contribution in [0.15, 0.2) is 18.2 Å². The minimum Gasteiger partial charge on any atom is -0.387 e. The van der Waals surface area contributed by atoms with Gasteiger partial charge in [-0.1, -0.05) is 17.7 Å². The van der Waals surface area contributed by atoms with Crippen LogP contribution in [0.3, 0.4) is 0 Å². The van der Waals surface area contributed by atoms with Crippen LogP contribution in [0.25, 0.3) is 0 Å². The van der Waals surface area contributed by atoms with E-state index in [2.05, 4.69) is 10.6 Å². The molecule has 0 spiro atoms. The summed E-state index contributed by atoms with van der Waals surface area (Å²) < 4.78 is 13.2. The number of nitrogens with one attached hydrogen (secondary N) is 2. The van der Waals surface area contributed by atoms with Gasteiger partial charge in [0.1, 0.15) is 12.2 Å². The maximum atomic E-state index is 13.2. The zero-order valence-corrected chi connectivity index (χ0v) is 11.7. The topological polar surface area (TPSA) is 78.4 Å². The van der Waals surface area contributed by atoms with Gasteiger partial charge >= 0.3 is 0 Å². The van der Waals surface area contributed by atoms with Crippen molar-refractivity contribution in [3.63, 3.8) is 0 Å². The molecule has 0 radical (unpaired) electrons. The number of aliphatic hydroxyl groups is 1. The molecule has 0 aromatic heterocycles. The first-order valence-electron chi connectivity index (χ1n) is 6.10. The molecule has 0 bridgehead atoms. The summed E-state index contributed by atoms with van der Waals surface area (Å²) in [7, 11) is 0. The van der Waals surface area contributed by atoms with Gasteiger partial charge in [0, 0.05) is 13.1 Å². The van der Waals surface area contributed by atoms with Gasteiger partial charge in [-0.15, -0.1) is 0 Å². The second-order valence-corrected chi connectivity index (χ2v) is 4.53. The molecule has 5 nitrogen and oxygen atoms in total. The van der Waals surface area contributed by atoms with Crippen molar-refractivity contribution in [1.82, 2.24) is 10.6 Å². The summed E-state index contributed by atoms with van der Waals surface area (Å²) >= 11 is 5.53. The quantitative estimate of drug-likeness (QED) is 0.690. The van der Waals surface area contributed by atoms with Crippen molar-refractivity contribution in [2.75, 3.05) is 13.1 Å². The Morgan fingerprint density at radius 3 is 2.60 bits per heavy atom. The lowest BCUT2D eigenvalue weighted by Gasteiger charge is -2.12. The summed E-state index contributed by atoms with van der Waals surface area (Å²) in [4.78, 5) is 22.6. The Kier molecular flexibility index (Phi) is 6.41. The average molecular weight is 303 g/mol. The van der Waals surface area contributed by atoms with Crippen LogP contribution in [0.2, 0.25) is 5.02 Å². The number of hydrogen-bond donors (Lipinski definition) is 3. The van der Waals surface area contributed by atoms with Gasteiger partial charge in [0.2, 0.25) is 11.8 Å². The van der Waals surface area contributed by atoms with E-state index in [1.807, 2.05) is 0 Å². The van der Waals surface area contributed by atoms with Crippen molar-refractivity contribution in [2.24, 2.45) is 0 Å². The molecule has 0 saturated carbocycles. The number of benzene rings is 1. The van der Waals surface area contributed by atoms with Crippen LogP contribution in [-0.2, 0) is 9.59 Å². The lowest BCUT2D eigenvalue weighted by molar-refractivity contribution is -0.129. The highest BCUT2D eigenvalue weighted by Crippen LogP contribution is 2.19. The van der Waals surface area contributed by atoms with Crippen LogP contribution in [0.5, 0.6) is 0 Å². The smallest absolute Gasteiger partial charge is 0.229 e. The molecule has 0 aliphatic heterocycles. The molecule has 20 heavy (non-hydrogen) atoms. The van der Waals surface area contributed by atoms with Gasteiger partial charge in [0.25, 0.3) is 0 Å². The maximum Gasteiger partial charge on any atom is 0.229 e. The summed E-state index contributed by atoms with van der Waals surface area (Å²) in [6, 6.07) is 3.89. The van der Waals surface area contributed by atoms with Crippen LogP contribution in [-0.4, -0.2) is 30.0 Å². The largest absolute Gasteiger partial charge is 0.387 e. The molecule has 0 fully saturated rings. The van der Waals surface area contributed by atoms with Crippen molar-refractivity contribution in [3.05, 3.63) is 34.6 Å². The monoisotopic (exact) mass is 302 g/mol. The number of aliphatic hydroxyl groups excluding tert-OH is 1. The molecule has 7 heteroatoms. The molecule has 2 amide bonds. The zero-order valence-electron chi connectivity index (χ0n) is 11.0. The number of carbonyl (C=O) groups excluding carboxylic acids is 2. The lowest BCUT2D eigenvalue weighted by Crippen LogP contribution is -2.33. The summed E-state index contributed by atoms with van der Waals surface area (Å²) in [5.41, 5.74) is 0.296. The Morgan fingerprint density at radius 1 is 1.35 bits per heavy atom. The van der Waals surface area contributed by atoms with E-state index in [1.54, 1.807) is 6.92 Å². The molecule has 1 unspecified atom stereocenters. The Labute approximate surface area is 121 Å². The fourth-order valence-corrected chi connectivity index (χ4v) is 1.63. The zero-order chi connectivity index (χ0) is 15.1. The fourth-order valence-electron chi connectivity index (χ4n) is 1.52. The van der Waals surface area contributed by atoms with E-state index in [0.717, 1.165) is 6.07 Å². The number of rotatable bonds is 6. The highest BCUT2D eigenvalue weighted by atomic mass is 35.5. The lowest BCUT2D eigenvalue weighted by atomic mass is 10.1. The second-order valence-electron chi connectivity index (χ2n) is 4.12. The molecule has 0 saturated heterocycles. The number of hydrogen-bond acceptors (Lipinski definition) is 3. The van der Waals surface area contributed by atoms with E-state index in [1.165, 1.54) is 12.1 Å². The molecular formula is C13H16ClFN2O3. The second kappa shape index (κ2) is 7.81. The van der Waals surface area contributed by atoms with Crippen LogP contribution in [0.1, 0.15) is 25.0 Å². The van der Waals surface area contributed by atoms with E-state index >= 15 is 0 Å². The highest BCUT2D eigenvalue weighted by Gasteiger charge is 2.13. The molecule has 0 aliphatic rings. The van der Waals surface area contributed by atoms with E-state index in [0.29, 0.717) is 12.1 Å². The predicted molar refractivity (Wildman–Crippen MR) is 72.7 cm³/mol. The molecule has 1 aromatic carbocycles. The van der Waals surface area contributed by atoms with Gasteiger partial charge in [-0.2, -0.15) is 0 Å². The SMILES string of the molecule is CCNC(=O)CC(=O)NCC(O)c1ccc(Cl)c(F)c1. The van der Waals surface area contributed by atoms with Crippen molar-refractivity contribution < 1.29 is 19.1 Å². The van der Waals surface area contributed by atoms with Crippen LogP contribution in [0, 0.1) is 5.82 Å². The van der Waals surface area contributed by atoms with Gasteiger partial charge in [0.05, 0.1) is 11.1 Å². The van der Waals surface area contributed by atoms with E-state index in [-0.39, 0.29) is 18.0 Å². The van der Waals surface area contributed by atoms with Crippen molar-refractivity contribution in [2.45, 2.75) is 19.4 Å². The van der Waals surface area contributed by atoms with Crippen molar-refractivity contribution in [3.8, 4) is 0 Å². The summed E-state index contributed by atoms with van der Waals surface area (Å²) in [6.45, 7) is 2.08. The molecule has 1 rings (SSSR count). The molecule has 0 heterocycles. The van der Waals surface area contributed by atoms with E-state index in [9.17, 15) is 19.1 Å². The predicted octanol–water partition coefficient (Wildman–Crippen LogP) is 1.15. The maximum absolute atomic E-state index is 13.2. The summed E-state index contributed by atoms with van der Waals surface area (Å²) in [5.74, 6) is -1.54. The third kappa shape index (κ3) is 5.14. The Bertz CT molecular complexity index is 497. The minimum absolute atomic E-state index is 0.0405. The van der Waals surface area contributed by atoms with Crippen molar-refractivity contribution in [1.29, 1.82) is 0 Å². The first-order chi connectivity index (χ1) is 9.43. The van der Waals surface area contributed by atoms with Gasteiger partial charge < -0.3 is 15.7 Å². The first kappa shape index (κ1) is 16.4. The Morgan fingerprint density at radius 2 is 2.00 bits per heavy atom. The average Bonchev–Trinajstić information content (AvgIpc) is 2.39. The number of amides is 2. The van der Waals surface area contributed by atoms with Crippen molar-refractivity contribution >= 4 is 23.4 Å². The van der Waals surface area contributed by atoms with Gasteiger partial charge in [-0.25, -0.2) is 4.39 Å². The fraction of sp³-hybridized carbons (Fsp3) is 0.385. The normalized spacial score (nSPS) is 11.8. The minimum atomic E-state index is -1.07. The first-order valence-corrected chi connectivity index (χ1v) is 6.48. The van der Waals surface area contributed by atoms with Gasteiger partial charge in [-0.3, -0.25) is 9.59 Å². The van der Waals surface area contributed by atoms with E-state index in [4.69, 9.17) is 11.6 Å². The Balaban J connectivity index is 2.46. The molecule has 3 N–H and O–H groups in total. The van der Waals surface area contributed by atoms with Gasteiger partial charge in [0.15, 0.2) is 0 Å². The summed E-state index contributed by atoms with van der Waals surface area (Å²) in [6.07, 6.45) is -1.38. The van der Waals surface area contributed by atoms with Crippen LogP contribution in [0.4, 0.5) is 4.39 Å². The van der Waals surface area contributed by atoms with E-state index < -0.39 is 23.7 Å². The standard InChI is InChI=1S/C13H16ClFN2O3/c1-2-16-12(19)6-13(20)17-7-11(18)8-3-4-9(14)10(15)5-8/h3-5,11,18H,2,6-7H2,1H3,(H,16,19)(H,17,20). The molecule has 1 aromatic rings. The third-order valence-corrected chi connectivity index (χ3v) is 2.82. The third-order valence-electron chi connectivity index (χ3n) is 2.52. The number of carbonyl (C=O) groups is 2. The highest BCUT2D eigenvalue weighted by molar-refractivity contribution is 6.30. The molecular weight excluding hydrogens is 287 g/mol. The molecule has 0 aliphatic carbocycles. The summed E-state index contributed by atoms with van der Waals surface area (Å²) in [5, 5.41) is 14.6.